The second-order valence-corrected chi connectivity index (χ2v) is 8.17. The number of hydrogen-bond acceptors (Lipinski definition) is 5. The Morgan fingerprint density at radius 2 is 1.70 bits per heavy atom. The first-order chi connectivity index (χ1) is 16.3. The van der Waals surface area contributed by atoms with Crippen LogP contribution in [-0.2, 0) is 4.79 Å². The molecule has 7 heteroatoms. The van der Waals surface area contributed by atoms with Crippen molar-refractivity contribution < 1.29 is 9.53 Å². The Bertz CT molecular complexity index is 1370. The van der Waals surface area contributed by atoms with Crippen LogP contribution in [0.15, 0.2) is 102 Å². The number of rotatable bonds is 7. The molecule has 0 atom stereocenters. The minimum absolute atomic E-state index is 0.148. The van der Waals surface area contributed by atoms with E-state index in [4.69, 9.17) is 4.74 Å². The van der Waals surface area contributed by atoms with Crippen molar-refractivity contribution in [2.75, 3.05) is 11.1 Å². The molecule has 0 aliphatic heterocycles. The molecule has 5 rings (SSSR count). The van der Waals surface area contributed by atoms with Crippen LogP contribution in [-0.4, -0.2) is 26.6 Å². The van der Waals surface area contributed by atoms with Crippen molar-refractivity contribution in [1.82, 2.24) is 15.0 Å². The predicted molar refractivity (Wildman–Crippen MR) is 132 cm³/mol. The number of ether oxygens (including phenoxy) is 1. The predicted octanol–water partition coefficient (Wildman–Crippen LogP) is 6.15. The first kappa shape index (κ1) is 20.8. The Kier molecular flexibility index (Phi) is 6.04. The van der Waals surface area contributed by atoms with Crippen LogP contribution in [0.4, 0.5) is 5.69 Å². The zero-order chi connectivity index (χ0) is 22.5. The van der Waals surface area contributed by atoms with Gasteiger partial charge in [0.25, 0.3) is 0 Å². The number of aromatic amines is 1. The van der Waals surface area contributed by atoms with Crippen molar-refractivity contribution >= 4 is 34.4 Å². The van der Waals surface area contributed by atoms with Gasteiger partial charge in [-0.2, -0.15) is 0 Å². The molecule has 3 aromatic carbocycles. The summed E-state index contributed by atoms with van der Waals surface area (Å²) in [4.78, 5) is 25.2. The number of thioether (sulfide) groups is 1. The van der Waals surface area contributed by atoms with E-state index in [-0.39, 0.29) is 11.7 Å². The highest BCUT2D eigenvalue weighted by molar-refractivity contribution is 8.00. The molecule has 0 saturated carbocycles. The van der Waals surface area contributed by atoms with Gasteiger partial charge in [0.15, 0.2) is 5.75 Å². The fraction of sp³-hybridized carbons (Fsp3) is 0.0385. The van der Waals surface area contributed by atoms with E-state index in [0.29, 0.717) is 17.2 Å². The van der Waals surface area contributed by atoms with Gasteiger partial charge in [-0.1, -0.05) is 54.2 Å². The fourth-order valence-corrected chi connectivity index (χ4v) is 4.16. The summed E-state index contributed by atoms with van der Waals surface area (Å²) in [7, 11) is 0. The number of anilines is 1. The molecule has 0 bridgehead atoms. The molecule has 0 radical (unpaired) electrons. The topological polar surface area (TPSA) is 79.9 Å². The number of imidazole rings is 1. The van der Waals surface area contributed by atoms with E-state index in [1.807, 2.05) is 91.0 Å². The largest absolute Gasteiger partial charge is 0.455 e. The summed E-state index contributed by atoms with van der Waals surface area (Å²) in [6.45, 7) is 0. The number of nitrogens with one attached hydrogen (secondary N) is 2. The van der Waals surface area contributed by atoms with Gasteiger partial charge in [0, 0.05) is 11.8 Å². The zero-order valence-electron chi connectivity index (χ0n) is 17.6. The molecule has 2 N–H and O–H groups in total. The van der Waals surface area contributed by atoms with E-state index in [1.165, 1.54) is 11.8 Å². The van der Waals surface area contributed by atoms with Crippen molar-refractivity contribution in [2.45, 2.75) is 5.03 Å². The molecule has 33 heavy (non-hydrogen) atoms. The molecule has 0 aliphatic rings. The lowest BCUT2D eigenvalue weighted by molar-refractivity contribution is -0.113. The summed E-state index contributed by atoms with van der Waals surface area (Å²) in [6, 6.07) is 28.5. The van der Waals surface area contributed by atoms with E-state index >= 15 is 0 Å². The standard InChI is InChI=1S/C26H20N4O2S/c31-24(28-22-14-6-7-15-23(22)32-18-9-2-1-3-10-18)17-33-26-19(11-8-16-27-26)25-29-20-12-4-5-13-21(20)30-25/h1-16H,17H2,(H,28,31)(H,29,30). The summed E-state index contributed by atoms with van der Waals surface area (Å²) >= 11 is 1.37. The van der Waals surface area contributed by atoms with Gasteiger partial charge in [0.05, 0.1) is 22.5 Å². The molecule has 162 valence electrons. The Morgan fingerprint density at radius 3 is 2.58 bits per heavy atom. The van der Waals surface area contributed by atoms with Crippen LogP contribution in [0.5, 0.6) is 11.5 Å². The van der Waals surface area contributed by atoms with E-state index in [2.05, 4.69) is 20.3 Å². The molecule has 0 fully saturated rings. The summed E-state index contributed by atoms with van der Waals surface area (Å²) < 4.78 is 5.93. The number of fused-ring (bicyclic) bond motifs is 1. The van der Waals surface area contributed by atoms with Gasteiger partial charge in [-0.05, 0) is 48.5 Å². The van der Waals surface area contributed by atoms with Gasteiger partial charge in [-0.25, -0.2) is 9.97 Å². The number of pyridine rings is 1. The minimum Gasteiger partial charge on any atom is -0.455 e. The van der Waals surface area contributed by atoms with Crippen LogP contribution in [0.2, 0.25) is 0 Å². The van der Waals surface area contributed by atoms with Gasteiger partial charge < -0.3 is 15.0 Å². The molecule has 0 unspecified atom stereocenters. The SMILES string of the molecule is O=C(CSc1ncccc1-c1nc2ccccc2[nH]1)Nc1ccccc1Oc1ccccc1. The highest BCUT2D eigenvalue weighted by Gasteiger charge is 2.14. The Morgan fingerprint density at radius 1 is 0.909 bits per heavy atom. The van der Waals surface area contributed by atoms with Crippen LogP contribution in [0.3, 0.4) is 0 Å². The van der Waals surface area contributed by atoms with Crippen molar-refractivity contribution in [1.29, 1.82) is 0 Å². The number of benzene rings is 3. The molecule has 5 aromatic rings. The van der Waals surface area contributed by atoms with E-state index in [1.54, 1.807) is 6.20 Å². The summed E-state index contributed by atoms with van der Waals surface area (Å²) in [5, 5.41) is 3.68. The van der Waals surface area contributed by atoms with E-state index in [9.17, 15) is 4.79 Å². The summed E-state index contributed by atoms with van der Waals surface area (Å²) in [6.07, 6.45) is 1.72. The maximum atomic E-state index is 12.7. The monoisotopic (exact) mass is 452 g/mol. The van der Waals surface area contributed by atoms with Crippen LogP contribution in [0.25, 0.3) is 22.4 Å². The van der Waals surface area contributed by atoms with Gasteiger partial charge >= 0.3 is 0 Å². The molecule has 0 spiro atoms. The number of aromatic nitrogens is 3. The minimum atomic E-state index is -0.148. The summed E-state index contributed by atoms with van der Waals surface area (Å²) in [5.74, 6) is 2.07. The number of para-hydroxylation sites is 5. The van der Waals surface area contributed by atoms with E-state index in [0.717, 1.165) is 27.4 Å². The van der Waals surface area contributed by atoms with Crippen molar-refractivity contribution in [3.8, 4) is 22.9 Å². The Labute approximate surface area is 195 Å². The quantitative estimate of drug-likeness (QED) is 0.290. The third kappa shape index (κ3) is 4.88. The average molecular weight is 453 g/mol. The van der Waals surface area contributed by atoms with Crippen molar-refractivity contribution in [3.05, 3.63) is 97.2 Å². The van der Waals surface area contributed by atoms with Gasteiger partial charge in [-0.15, -0.1) is 0 Å². The Balaban J connectivity index is 1.29. The highest BCUT2D eigenvalue weighted by atomic mass is 32.2. The van der Waals surface area contributed by atoms with Gasteiger partial charge in [0.2, 0.25) is 5.91 Å². The average Bonchev–Trinajstić information content (AvgIpc) is 3.29. The van der Waals surface area contributed by atoms with Gasteiger partial charge in [-0.3, -0.25) is 4.79 Å². The maximum Gasteiger partial charge on any atom is 0.234 e. The fourth-order valence-electron chi connectivity index (χ4n) is 3.36. The van der Waals surface area contributed by atoms with Crippen molar-refractivity contribution in [2.24, 2.45) is 0 Å². The number of carbonyl (C=O) groups is 1. The highest BCUT2D eigenvalue weighted by Crippen LogP contribution is 2.31. The summed E-state index contributed by atoms with van der Waals surface area (Å²) in [5.41, 5.74) is 3.32. The maximum absolute atomic E-state index is 12.7. The number of hydrogen-bond donors (Lipinski definition) is 2. The second kappa shape index (κ2) is 9.58. The van der Waals surface area contributed by atoms with E-state index < -0.39 is 0 Å². The molecule has 2 heterocycles. The lowest BCUT2D eigenvalue weighted by Crippen LogP contribution is -2.14. The third-order valence-electron chi connectivity index (χ3n) is 4.89. The number of amides is 1. The molecular weight excluding hydrogens is 432 g/mol. The van der Waals surface area contributed by atoms with Crippen LogP contribution in [0, 0.1) is 0 Å². The zero-order valence-corrected chi connectivity index (χ0v) is 18.4. The van der Waals surface area contributed by atoms with Crippen LogP contribution < -0.4 is 10.1 Å². The first-order valence-corrected chi connectivity index (χ1v) is 11.4. The normalized spacial score (nSPS) is 10.8. The molecule has 2 aromatic heterocycles. The molecule has 6 nitrogen and oxygen atoms in total. The third-order valence-corrected chi connectivity index (χ3v) is 5.89. The van der Waals surface area contributed by atoms with Crippen LogP contribution >= 0.6 is 11.8 Å². The second-order valence-electron chi connectivity index (χ2n) is 7.21. The van der Waals surface area contributed by atoms with Crippen LogP contribution in [0.1, 0.15) is 0 Å². The van der Waals surface area contributed by atoms with Crippen molar-refractivity contribution in [3.63, 3.8) is 0 Å². The molecule has 0 saturated heterocycles. The number of carbonyl (C=O) groups excluding carboxylic acids is 1. The Hall–Kier alpha value is -4.10. The molecular formula is C26H20N4O2S. The number of nitrogens with zero attached hydrogens (tertiary/aromatic N) is 2. The van der Waals surface area contributed by atoms with Gasteiger partial charge in [0.1, 0.15) is 16.6 Å². The smallest absolute Gasteiger partial charge is 0.234 e. The molecule has 0 aliphatic carbocycles. The first-order valence-electron chi connectivity index (χ1n) is 10.4. The lowest BCUT2D eigenvalue weighted by Gasteiger charge is -2.12. The molecule has 1 amide bonds. The number of H-pyrrole nitrogens is 1. The lowest BCUT2D eigenvalue weighted by atomic mass is 10.3.